The van der Waals surface area contributed by atoms with Gasteiger partial charge in [-0.1, -0.05) is 6.58 Å². The van der Waals surface area contributed by atoms with Crippen molar-refractivity contribution in [3.05, 3.63) is 31.4 Å². The van der Waals surface area contributed by atoms with E-state index in [1.54, 1.807) is 17.1 Å². The SMILES string of the molecule is C=CC(O)n1cc[n+](C)c1. The molecule has 1 aromatic heterocycles. The minimum absolute atomic E-state index is 0.610. The Kier molecular flexibility index (Phi) is 1.87. The van der Waals surface area contributed by atoms with E-state index >= 15 is 0 Å². The van der Waals surface area contributed by atoms with Crippen molar-refractivity contribution in [1.82, 2.24) is 4.57 Å². The Labute approximate surface area is 59.8 Å². The molecule has 0 aliphatic carbocycles. The quantitative estimate of drug-likeness (QED) is 0.453. The van der Waals surface area contributed by atoms with Crippen molar-refractivity contribution in [2.45, 2.75) is 6.23 Å². The number of imidazole rings is 1. The third-order valence-electron chi connectivity index (χ3n) is 1.31. The molecule has 10 heavy (non-hydrogen) atoms. The van der Waals surface area contributed by atoms with Gasteiger partial charge in [0.15, 0.2) is 0 Å². The smallest absolute Gasteiger partial charge is 0.245 e. The lowest BCUT2D eigenvalue weighted by Gasteiger charge is -1.96. The summed E-state index contributed by atoms with van der Waals surface area (Å²) >= 11 is 0. The zero-order chi connectivity index (χ0) is 7.56. The van der Waals surface area contributed by atoms with Gasteiger partial charge in [-0.3, -0.25) is 0 Å². The molecule has 0 saturated heterocycles. The number of rotatable bonds is 2. The van der Waals surface area contributed by atoms with E-state index in [4.69, 9.17) is 0 Å². The van der Waals surface area contributed by atoms with Crippen LogP contribution in [-0.2, 0) is 7.05 Å². The maximum atomic E-state index is 9.17. The molecule has 0 spiro atoms. The van der Waals surface area contributed by atoms with Crippen molar-refractivity contribution in [3.8, 4) is 0 Å². The molecule has 1 atom stereocenters. The third kappa shape index (κ3) is 1.25. The molecule has 1 unspecified atom stereocenters. The van der Waals surface area contributed by atoms with E-state index in [1.807, 2.05) is 17.8 Å². The highest BCUT2D eigenvalue weighted by Gasteiger charge is 2.05. The predicted molar refractivity (Wildman–Crippen MR) is 37.1 cm³/mol. The van der Waals surface area contributed by atoms with Crippen LogP contribution in [0.5, 0.6) is 0 Å². The molecule has 54 valence electrons. The maximum absolute atomic E-state index is 9.17. The molecule has 0 amide bonds. The van der Waals surface area contributed by atoms with E-state index in [2.05, 4.69) is 6.58 Å². The molecule has 1 N–H and O–H groups in total. The van der Waals surface area contributed by atoms with Crippen LogP contribution in [-0.4, -0.2) is 9.67 Å². The second kappa shape index (κ2) is 2.66. The summed E-state index contributed by atoms with van der Waals surface area (Å²) in [6.07, 6.45) is 6.28. The standard InChI is InChI=1S/C7H11N2O/c1-3-7(10)9-5-4-8(2)6-9/h3-7,10H,1H2,2H3/q+1. The van der Waals surface area contributed by atoms with E-state index < -0.39 is 6.23 Å². The van der Waals surface area contributed by atoms with Gasteiger partial charge >= 0.3 is 0 Å². The molecule has 0 radical (unpaired) electrons. The maximum Gasteiger partial charge on any atom is 0.245 e. The fraction of sp³-hybridized carbons (Fsp3) is 0.286. The molecule has 0 aliphatic heterocycles. The first-order chi connectivity index (χ1) is 4.74. The molecule has 0 fully saturated rings. The van der Waals surface area contributed by atoms with Crippen LogP contribution in [0.1, 0.15) is 6.23 Å². The highest BCUT2D eigenvalue weighted by Crippen LogP contribution is 1.98. The predicted octanol–water partition coefficient (Wildman–Crippen LogP) is -0.0105. The van der Waals surface area contributed by atoms with Crippen molar-refractivity contribution < 1.29 is 9.67 Å². The summed E-state index contributed by atoms with van der Waals surface area (Å²) in [6, 6.07) is 0. The van der Waals surface area contributed by atoms with Crippen molar-refractivity contribution in [3.63, 3.8) is 0 Å². The monoisotopic (exact) mass is 139 g/mol. The lowest BCUT2D eigenvalue weighted by atomic mass is 10.5. The van der Waals surface area contributed by atoms with Crippen molar-refractivity contribution in [2.24, 2.45) is 7.05 Å². The van der Waals surface area contributed by atoms with Crippen molar-refractivity contribution in [2.75, 3.05) is 0 Å². The Hall–Kier alpha value is -1.09. The largest absolute Gasteiger partial charge is 0.352 e. The van der Waals surface area contributed by atoms with Crippen LogP contribution in [0.25, 0.3) is 0 Å². The van der Waals surface area contributed by atoms with Gasteiger partial charge < -0.3 is 5.11 Å². The van der Waals surface area contributed by atoms with Gasteiger partial charge in [0.05, 0.1) is 7.05 Å². The lowest BCUT2D eigenvalue weighted by Crippen LogP contribution is -2.24. The first-order valence-electron chi connectivity index (χ1n) is 3.07. The summed E-state index contributed by atoms with van der Waals surface area (Å²) in [7, 11) is 1.90. The minimum Gasteiger partial charge on any atom is -0.352 e. The second-order valence-corrected chi connectivity index (χ2v) is 2.18. The van der Waals surface area contributed by atoms with E-state index in [-0.39, 0.29) is 0 Å². The molecular weight excluding hydrogens is 128 g/mol. The van der Waals surface area contributed by atoms with E-state index in [0.29, 0.717) is 0 Å². The van der Waals surface area contributed by atoms with Crippen LogP contribution < -0.4 is 4.57 Å². The zero-order valence-electron chi connectivity index (χ0n) is 5.94. The van der Waals surface area contributed by atoms with Gasteiger partial charge in [0.1, 0.15) is 12.4 Å². The molecule has 0 aromatic carbocycles. The number of aliphatic hydroxyl groups is 1. The van der Waals surface area contributed by atoms with E-state index in [0.717, 1.165) is 0 Å². The highest BCUT2D eigenvalue weighted by atomic mass is 16.3. The second-order valence-electron chi connectivity index (χ2n) is 2.18. The minimum atomic E-state index is -0.610. The van der Waals surface area contributed by atoms with Gasteiger partial charge in [-0.25, -0.2) is 9.13 Å². The van der Waals surface area contributed by atoms with E-state index in [1.165, 1.54) is 6.08 Å². The van der Waals surface area contributed by atoms with Gasteiger partial charge in [0.25, 0.3) is 0 Å². The van der Waals surface area contributed by atoms with Gasteiger partial charge in [-0.15, -0.1) is 0 Å². The summed E-state index contributed by atoms with van der Waals surface area (Å²) in [5.74, 6) is 0. The summed E-state index contributed by atoms with van der Waals surface area (Å²) in [5.41, 5.74) is 0. The third-order valence-corrected chi connectivity index (χ3v) is 1.31. The first-order valence-corrected chi connectivity index (χ1v) is 3.07. The number of nitrogens with zero attached hydrogens (tertiary/aromatic N) is 2. The molecule has 0 bridgehead atoms. The van der Waals surface area contributed by atoms with Crippen molar-refractivity contribution in [1.29, 1.82) is 0 Å². The summed E-state index contributed by atoms with van der Waals surface area (Å²) < 4.78 is 3.51. The fourth-order valence-corrected chi connectivity index (χ4v) is 0.748. The number of hydrogen-bond acceptors (Lipinski definition) is 1. The summed E-state index contributed by atoms with van der Waals surface area (Å²) in [4.78, 5) is 0. The fourth-order valence-electron chi connectivity index (χ4n) is 0.748. The van der Waals surface area contributed by atoms with Crippen LogP contribution in [0, 0.1) is 0 Å². The Morgan fingerprint density at radius 2 is 2.50 bits per heavy atom. The highest BCUT2D eigenvalue weighted by molar-refractivity contribution is 4.79. The van der Waals surface area contributed by atoms with Crippen LogP contribution in [0.3, 0.4) is 0 Å². The lowest BCUT2D eigenvalue weighted by molar-refractivity contribution is -0.671. The normalized spacial score (nSPS) is 13.0. The molecule has 0 saturated carbocycles. The van der Waals surface area contributed by atoms with Gasteiger partial charge in [-0.05, 0) is 6.08 Å². The van der Waals surface area contributed by atoms with Crippen LogP contribution in [0.15, 0.2) is 31.4 Å². The number of hydrogen-bond donors (Lipinski definition) is 1. The Balaban J connectivity index is 2.84. The Morgan fingerprint density at radius 1 is 1.80 bits per heavy atom. The number of aryl methyl sites for hydroxylation is 1. The molecule has 3 nitrogen and oxygen atoms in total. The van der Waals surface area contributed by atoms with E-state index in [9.17, 15) is 5.11 Å². The summed E-state index contributed by atoms with van der Waals surface area (Å²) in [6.45, 7) is 3.47. The topological polar surface area (TPSA) is 29.0 Å². The summed E-state index contributed by atoms with van der Waals surface area (Å²) in [5, 5.41) is 9.17. The molecule has 1 heterocycles. The van der Waals surface area contributed by atoms with Crippen molar-refractivity contribution >= 4 is 0 Å². The molecular formula is C7H11N2O+. The Bertz CT molecular complexity index is 229. The molecule has 1 rings (SSSR count). The Morgan fingerprint density at radius 3 is 2.90 bits per heavy atom. The van der Waals surface area contributed by atoms with Crippen LogP contribution in [0.4, 0.5) is 0 Å². The van der Waals surface area contributed by atoms with Gasteiger partial charge in [0, 0.05) is 0 Å². The zero-order valence-corrected chi connectivity index (χ0v) is 5.94. The number of aliphatic hydroxyl groups excluding tert-OH is 1. The average Bonchev–Trinajstić information content (AvgIpc) is 2.34. The van der Waals surface area contributed by atoms with Crippen LogP contribution in [0.2, 0.25) is 0 Å². The average molecular weight is 139 g/mol. The molecule has 0 aliphatic rings. The van der Waals surface area contributed by atoms with Gasteiger partial charge in [0.2, 0.25) is 12.6 Å². The van der Waals surface area contributed by atoms with Crippen LogP contribution >= 0.6 is 0 Å². The molecule has 3 heteroatoms. The molecule has 1 aromatic rings. The van der Waals surface area contributed by atoms with Gasteiger partial charge in [-0.2, -0.15) is 0 Å². The number of aromatic nitrogens is 2. The first kappa shape index (κ1) is 7.02.